The maximum atomic E-state index is 13.6. The lowest BCUT2D eigenvalue weighted by molar-refractivity contribution is -0.121. The Bertz CT molecular complexity index is 928. The average molecular weight is 445 g/mol. The van der Waals surface area contributed by atoms with Crippen molar-refractivity contribution < 1.29 is 14.0 Å². The summed E-state index contributed by atoms with van der Waals surface area (Å²) in [5, 5.41) is 2.85. The number of carbonyl (C=O) groups excluding carboxylic acids is 2. The fourth-order valence-corrected chi connectivity index (χ4v) is 3.17. The van der Waals surface area contributed by atoms with E-state index >= 15 is 0 Å². The first-order chi connectivity index (χ1) is 15.1. The summed E-state index contributed by atoms with van der Waals surface area (Å²) in [4.78, 5) is 25.6. The van der Waals surface area contributed by atoms with Crippen molar-refractivity contribution >= 4 is 29.7 Å². The van der Waals surface area contributed by atoms with Gasteiger partial charge in [0, 0.05) is 11.7 Å². The van der Waals surface area contributed by atoms with Crippen LogP contribution in [-0.2, 0) is 16.0 Å². The van der Waals surface area contributed by atoms with Gasteiger partial charge in [0.05, 0.1) is 11.6 Å². The fraction of sp³-hybridized carbons (Fsp3) is 0.348. The van der Waals surface area contributed by atoms with Gasteiger partial charge in [-0.25, -0.2) is 9.38 Å². The number of aliphatic imine (C=N–C) groups is 1. The summed E-state index contributed by atoms with van der Waals surface area (Å²) in [6.45, 7) is 5.79. The predicted molar refractivity (Wildman–Crippen MR) is 127 cm³/mol. The Balaban J connectivity index is 0.00000161. The van der Waals surface area contributed by atoms with E-state index in [0.29, 0.717) is 24.2 Å². The number of guanidine groups is 1. The topological polar surface area (TPSA) is 163 Å². The molecule has 0 spiro atoms. The molecule has 0 aliphatic rings. The molecule has 0 aliphatic carbocycles. The number of aryl methyl sites for hydroxylation is 2. The van der Waals surface area contributed by atoms with Gasteiger partial charge in [0.25, 0.3) is 0 Å². The zero-order chi connectivity index (χ0) is 24.3. The summed E-state index contributed by atoms with van der Waals surface area (Å²) in [7, 11) is 0. The van der Waals surface area contributed by atoms with Crippen LogP contribution >= 0.6 is 0 Å². The highest BCUT2D eigenvalue weighted by molar-refractivity contribution is 5.93. The quantitative estimate of drug-likeness (QED) is 0.239. The molecule has 9 heteroatoms. The van der Waals surface area contributed by atoms with E-state index < -0.39 is 11.7 Å². The standard InChI is InChI=1S/C22H30FN5O.CH3NO/c1-13(2)20(24)18(21(29)28-19-12-16(23)9-7-14(19)3)10-8-15-5-4-6-17(11-15)27-22(25)26;2-1-3/h4-7,9,11-13,18,20H,8,10,24H2,1-3H3,(H,28,29)(H4,25,26,27);1H,(H2,2,3). The maximum Gasteiger partial charge on any atom is 0.229 e. The van der Waals surface area contributed by atoms with Gasteiger partial charge in [-0.15, -0.1) is 0 Å². The number of carbonyl (C=O) groups is 2. The highest BCUT2D eigenvalue weighted by Gasteiger charge is 2.28. The second kappa shape index (κ2) is 13.1. The van der Waals surface area contributed by atoms with Crippen LogP contribution in [0.5, 0.6) is 0 Å². The molecule has 2 rings (SSSR count). The molecule has 0 saturated carbocycles. The van der Waals surface area contributed by atoms with Gasteiger partial charge in [-0.05, 0) is 61.1 Å². The molecule has 0 aliphatic heterocycles. The smallest absolute Gasteiger partial charge is 0.229 e. The zero-order valence-electron chi connectivity index (χ0n) is 18.7. The van der Waals surface area contributed by atoms with E-state index in [4.69, 9.17) is 22.0 Å². The van der Waals surface area contributed by atoms with E-state index in [1.165, 1.54) is 12.1 Å². The molecular weight excluding hydrogens is 411 g/mol. The van der Waals surface area contributed by atoms with Crippen molar-refractivity contribution in [1.82, 2.24) is 0 Å². The van der Waals surface area contributed by atoms with Gasteiger partial charge in [0.15, 0.2) is 5.96 Å². The van der Waals surface area contributed by atoms with Crippen molar-refractivity contribution in [3.05, 3.63) is 59.4 Å². The van der Waals surface area contributed by atoms with Crippen molar-refractivity contribution in [2.45, 2.75) is 39.7 Å². The third-order valence-corrected chi connectivity index (χ3v) is 4.94. The highest BCUT2D eigenvalue weighted by Crippen LogP contribution is 2.23. The Hall–Kier alpha value is -3.46. The molecule has 0 aromatic heterocycles. The van der Waals surface area contributed by atoms with Gasteiger partial charge in [-0.1, -0.05) is 32.0 Å². The number of hydrogen-bond donors (Lipinski definition) is 5. The van der Waals surface area contributed by atoms with Crippen molar-refractivity contribution in [2.24, 2.45) is 39.8 Å². The molecule has 0 radical (unpaired) electrons. The second-order valence-electron chi connectivity index (χ2n) is 7.76. The number of primary amides is 1. The second-order valence-corrected chi connectivity index (χ2v) is 7.76. The first-order valence-corrected chi connectivity index (χ1v) is 10.3. The van der Waals surface area contributed by atoms with E-state index in [1.807, 2.05) is 39.0 Å². The molecule has 0 bridgehead atoms. The minimum atomic E-state index is -0.426. The molecule has 2 aromatic rings. The first kappa shape index (κ1) is 26.6. The third kappa shape index (κ3) is 8.73. The molecule has 2 aromatic carbocycles. The van der Waals surface area contributed by atoms with Crippen LogP contribution in [0.2, 0.25) is 0 Å². The average Bonchev–Trinajstić information content (AvgIpc) is 2.71. The molecule has 9 N–H and O–H groups in total. The number of amides is 2. The zero-order valence-corrected chi connectivity index (χ0v) is 18.7. The van der Waals surface area contributed by atoms with E-state index in [-0.39, 0.29) is 30.2 Å². The molecule has 2 amide bonds. The number of nitrogens with one attached hydrogen (secondary N) is 1. The van der Waals surface area contributed by atoms with E-state index in [9.17, 15) is 9.18 Å². The van der Waals surface area contributed by atoms with E-state index in [2.05, 4.69) is 16.0 Å². The highest BCUT2D eigenvalue weighted by atomic mass is 19.1. The molecule has 174 valence electrons. The van der Waals surface area contributed by atoms with Crippen LogP contribution in [0.4, 0.5) is 15.8 Å². The summed E-state index contributed by atoms with van der Waals surface area (Å²) in [5.41, 5.74) is 24.3. The van der Waals surface area contributed by atoms with Crippen LogP contribution in [-0.4, -0.2) is 24.3 Å². The van der Waals surface area contributed by atoms with Crippen molar-refractivity contribution in [1.29, 1.82) is 0 Å². The van der Waals surface area contributed by atoms with Crippen LogP contribution in [0, 0.1) is 24.6 Å². The lowest BCUT2D eigenvalue weighted by Gasteiger charge is -2.26. The first-order valence-electron chi connectivity index (χ1n) is 10.3. The Morgan fingerprint density at radius 1 is 1.19 bits per heavy atom. The maximum absolute atomic E-state index is 13.6. The number of nitrogens with two attached hydrogens (primary N) is 4. The number of halogens is 1. The monoisotopic (exact) mass is 444 g/mol. The fourth-order valence-electron chi connectivity index (χ4n) is 3.17. The number of nitrogens with zero attached hydrogens (tertiary/aromatic N) is 1. The van der Waals surface area contributed by atoms with Crippen LogP contribution in [0.15, 0.2) is 47.5 Å². The molecule has 8 nitrogen and oxygen atoms in total. The minimum Gasteiger partial charge on any atom is -0.372 e. The molecule has 2 unspecified atom stereocenters. The molecule has 0 heterocycles. The minimum absolute atomic E-state index is 0.00769. The SMILES string of the molecule is Cc1ccc(F)cc1NC(=O)C(CCc1cccc(N=C(N)N)c1)C(N)C(C)C.NC=O. The largest absolute Gasteiger partial charge is 0.372 e. The van der Waals surface area contributed by atoms with Gasteiger partial charge in [-0.2, -0.15) is 0 Å². The van der Waals surface area contributed by atoms with Gasteiger partial charge >= 0.3 is 0 Å². The molecular formula is C23H33FN6O2. The summed E-state index contributed by atoms with van der Waals surface area (Å²) in [6.07, 6.45) is 1.43. The molecule has 0 fully saturated rings. The predicted octanol–water partition coefficient (Wildman–Crippen LogP) is 2.31. The Kier molecular flexibility index (Phi) is 10.8. The van der Waals surface area contributed by atoms with E-state index in [0.717, 1.165) is 11.1 Å². The molecule has 0 saturated heterocycles. The Morgan fingerprint density at radius 2 is 1.84 bits per heavy atom. The van der Waals surface area contributed by atoms with Gasteiger partial charge in [-0.3, -0.25) is 9.59 Å². The number of hydrogen-bond acceptors (Lipinski definition) is 4. The van der Waals surface area contributed by atoms with Crippen LogP contribution < -0.4 is 28.3 Å². The summed E-state index contributed by atoms with van der Waals surface area (Å²) >= 11 is 0. The van der Waals surface area contributed by atoms with Crippen LogP contribution in [0.1, 0.15) is 31.4 Å². The number of anilines is 1. The van der Waals surface area contributed by atoms with Crippen LogP contribution in [0.25, 0.3) is 0 Å². The van der Waals surface area contributed by atoms with Crippen molar-refractivity contribution in [2.75, 3.05) is 5.32 Å². The Labute approximate surface area is 188 Å². The van der Waals surface area contributed by atoms with Crippen LogP contribution in [0.3, 0.4) is 0 Å². The lowest BCUT2D eigenvalue weighted by Crippen LogP contribution is -2.42. The number of rotatable bonds is 8. The molecule has 2 atom stereocenters. The Morgan fingerprint density at radius 3 is 2.44 bits per heavy atom. The third-order valence-electron chi connectivity index (χ3n) is 4.94. The number of benzene rings is 2. The van der Waals surface area contributed by atoms with Crippen molar-refractivity contribution in [3.8, 4) is 0 Å². The lowest BCUT2D eigenvalue weighted by atomic mass is 9.86. The molecule has 32 heavy (non-hydrogen) atoms. The normalized spacial score (nSPS) is 12.2. The van der Waals surface area contributed by atoms with Crippen molar-refractivity contribution in [3.63, 3.8) is 0 Å². The van der Waals surface area contributed by atoms with E-state index in [1.54, 1.807) is 12.1 Å². The van der Waals surface area contributed by atoms with Gasteiger partial charge in [0.2, 0.25) is 12.3 Å². The van der Waals surface area contributed by atoms with Gasteiger partial charge < -0.3 is 28.3 Å². The summed E-state index contributed by atoms with van der Waals surface area (Å²) in [5.74, 6) is -0.920. The van der Waals surface area contributed by atoms with Gasteiger partial charge in [0.1, 0.15) is 5.82 Å². The summed E-state index contributed by atoms with van der Waals surface area (Å²) < 4.78 is 13.6. The summed E-state index contributed by atoms with van der Waals surface area (Å²) in [6, 6.07) is 11.5.